The summed E-state index contributed by atoms with van der Waals surface area (Å²) in [5, 5.41) is 10.6. The maximum absolute atomic E-state index is 5.73. The van der Waals surface area contributed by atoms with Gasteiger partial charge in [0.15, 0.2) is 6.23 Å². The van der Waals surface area contributed by atoms with Crippen LogP contribution in [0.3, 0.4) is 0 Å². The number of aromatic nitrogens is 1. The molecule has 0 bridgehead atoms. The number of ether oxygens (including phenoxy) is 1. The standard InChI is InChI=1S/C48H32N2O2/c1-2-8-39-32(6-1)7-5-11-40(39)33-14-12-31(13-15-33)38-24-25-43-44(30-38)46(35-18-22-37(23-19-35)48-50-27-29-52-48)42-10-4-3-9-41(42)45(43)34-16-20-36(21-17-34)47-49-26-28-51-47/h1-30,47,49H. The van der Waals surface area contributed by atoms with Gasteiger partial charge in [-0.1, -0.05) is 140 Å². The topological polar surface area (TPSA) is 47.3 Å². The second-order valence-corrected chi connectivity index (χ2v) is 13.2. The van der Waals surface area contributed by atoms with E-state index in [1.165, 1.54) is 65.7 Å². The number of benzene rings is 8. The van der Waals surface area contributed by atoms with Crippen molar-refractivity contribution in [1.82, 2.24) is 10.3 Å². The fourth-order valence-corrected chi connectivity index (χ4v) is 7.73. The minimum absolute atomic E-state index is 0.168. The van der Waals surface area contributed by atoms with Gasteiger partial charge >= 0.3 is 0 Å². The predicted molar refractivity (Wildman–Crippen MR) is 212 cm³/mol. The van der Waals surface area contributed by atoms with Crippen LogP contribution in [0, 0.1) is 0 Å². The fourth-order valence-electron chi connectivity index (χ4n) is 7.73. The minimum atomic E-state index is -0.168. The third-order valence-corrected chi connectivity index (χ3v) is 10.2. The van der Waals surface area contributed by atoms with Crippen molar-refractivity contribution in [2.24, 2.45) is 0 Å². The number of oxazole rings is 1. The van der Waals surface area contributed by atoms with Crippen LogP contribution in [-0.4, -0.2) is 4.98 Å². The highest BCUT2D eigenvalue weighted by molar-refractivity contribution is 6.22. The molecule has 0 aliphatic carbocycles. The Morgan fingerprint density at radius 2 is 1.08 bits per heavy atom. The fraction of sp³-hybridized carbons (Fsp3) is 0.0208. The molecule has 1 atom stereocenters. The lowest BCUT2D eigenvalue weighted by Crippen LogP contribution is -2.10. The molecule has 10 rings (SSSR count). The maximum atomic E-state index is 5.73. The molecule has 52 heavy (non-hydrogen) atoms. The molecule has 1 N–H and O–H groups in total. The van der Waals surface area contributed by atoms with E-state index < -0.39 is 0 Å². The third-order valence-electron chi connectivity index (χ3n) is 10.2. The van der Waals surface area contributed by atoms with Crippen molar-refractivity contribution in [3.63, 3.8) is 0 Å². The number of rotatable bonds is 6. The first kappa shape index (κ1) is 30.0. The Morgan fingerprint density at radius 1 is 0.481 bits per heavy atom. The van der Waals surface area contributed by atoms with E-state index in [0.717, 1.165) is 22.3 Å². The van der Waals surface area contributed by atoms with Crippen LogP contribution in [0.5, 0.6) is 0 Å². The average molecular weight is 669 g/mol. The molecule has 1 unspecified atom stereocenters. The van der Waals surface area contributed by atoms with Crippen molar-refractivity contribution in [3.05, 3.63) is 188 Å². The molecule has 0 fully saturated rings. The molecule has 4 nitrogen and oxygen atoms in total. The van der Waals surface area contributed by atoms with E-state index in [9.17, 15) is 0 Å². The largest absolute Gasteiger partial charge is 0.473 e. The van der Waals surface area contributed by atoms with Crippen molar-refractivity contribution in [3.8, 4) is 56.0 Å². The summed E-state index contributed by atoms with van der Waals surface area (Å²) < 4.78 is 11.3. The Kier molecular flexibility index (Phi) is 7.17. The molecule has 246 valence electrons. The molecule has 4 heteroatoms. The Hall–Kier alpha value is -6.91. The van der Waals surface area contributed by atoms with E-state index in [2.05, 4.69) is 168 Å². The van der Waals surface area contributed by atoms with E-state index in [4.69, 9.17) is 9.15 Å². The SMILES string of the molecule is C1=COC(c2ccc(-c3c4ccccc4c(-c4ccc(-c5ncco5)cc4)c4cc(-c5ccc(-c6cccc7ccccc67)cc5)ccc34)cc2)N1. The van der Waals surface area contributed by atoms with Crippen LogP contribution >= 0.6 is 0 Å². The lowest BCUT2D eigenvalue weighted by molar-refractivity contribution is 0.155. The van der Waals surface area contributed by atoms with Crippen molar-refractivity contribution in [1.29, 1.82) is 0 Å². The zero-order valence-corrected chi connectivity index (χ0v) is 28.2. The third kappa shape index (κ3) is 5.12. The molecule has 0 saturated carbocycles. The van der Waals surface area contributed by atoms with Crippen molar-refractivity contribution >= 4 is 32.3 Å². The van der Waals surface area contributed by atoms with Crippen molar-refractivity contribution in [2.75, 3.05) is 0 Å². The van der Waals surface area contributed by atoms with Crippen LogP contribution in [0.1, 0.15) is 11.8 Å². The van der Waals surface area contributed by atoms with E-state index >= 15 is 0 Å². The summed E-state index contributed by atoms with van der Waals surface area (Å²) >= 11 is 0. The molecule has 8 aromatic carbocycles. The molecular weight excluding hydrogens is 637 g/mol. The molecule has 2 heterocycles. The second-order valence-electron chi connectivity index (χ2n) is 13.2. The Balaban J connectivity index is 1.15. The van der Waals surface area contributed by atoms with Crippen LogP contribution in [0.2, 0.25) is 0 Å². The molecule has 0 saturated heterocycles. The van der Waals surface area contributed by atoms with Gasteiger partial charge in [-0.2, -0.15) is 0 Å². The molecular formula is C48H32N2O2. The molecule has 0 amide bonds. The summed E-state index contributed by atoms with van der Waals surface area (Å²) in [5.41, 5.74) is 11.5. The highest BCUT2D eigenvalue weighted by Gasteiger charge is 2.19. The van der Waals surface area contributed by atoms with Gasteiger partial charge in [0.2, 0.25) is 5.89 Å². The van der Waals surface area contributed by atoms with Crippen LogP contribution in [-0.2, 0) is 4.74 Å². The van der Waals surface area contributed by atoms with Gasteiger partial charge in [0.05, 0.1) is 6.20 Å². The van der Waals surface area contributed by atoms with Crippen LogP contribution in [0.25, 0.3) is 88.3 Å². The predicted octanol–water partition coefficient (Wildman–Crippen LogP) is 12.6. The monoisotopic (exact) mass is 668 g/mol. The lowest BCUT2D eigenvalue weighted by Gasteiger charge is -2.19. The number of nitrogens with one attached hydrogen (secondary N) is 1. The van der Waals surface area contributed by atoms with E-state index in [1.807, 2.05) is 6.20 Å². The number of hydrogen-bond acceptors (Lipinski definition) is 4. The van der Waals surface area contributed by atoms with Crippen molar-refractivity contribution < 1.29 is 9.15 Å². The molecule has 0 spiro atoms. The number of fused-ring (bicyclic) bond motifs is 3. The van der Waals surface area contributed by atoms with Crippen LogP contribution < -0.4 is 5.32 Å². The molecule has 9 aromatic rings. The zero-order chi connectivity index (χ0) is 34.4. The maximum Gasteiger partial charge on any atom is 0.225 e. The van der Waals surface area contributed by atoms with Gasteiger partial charge in [-0.25, -0.2) is 4.98 Å². The number of nitrogens with zero attached hydrogens (tertiary/aromatic N) is 1. The van der Waals surface area contributed by atoms with Crippen molar-refractivity contribution in [2.45, 2.75) is 6.23 Å². The van der Waals surface area contributed by atoms with Crippen LogP contribution in [0.15, 0.2) is 187 Å². The highest BCUT2D eigenvalue weighted by atomic mass is 16.5. The van der Waals surface area contributed by atoms with E-state index in [0.29, 0.717) is 5.89 Å². The summed E-state index contributed by atoms with van der Waals surface area (Å²) in [6.45, 7) is 0. The Labute approximate surface area is 301 Å². The molecule has 1 aliphatic rings. The second kappa shape index (κ2) is 12.4. The first-order valence-electron chi connectivity index (χ1n) is 17.5. The average Bonchev–Trinajstić information content (AvgIpc) is 3.96. The summed E-state index contributed by atoms with van der Waals surface area (Å²) in [6.07, 6.45) is 6.66. The van der Waals surface area contributed by atoms with E-state index in [-0.39, 0.29) is 6.23 Å². The van der Waals surface area contributed by atoms with Gasteiger partial charge in [0.1, 0.15) is 12.5 Å². The van der Waals surface area contributed by atoms with Gasteiger partial charge < -0.3 is 14.5 Å². The van der Waals surface area contributed by atoms with Gasteiger partial charge in [-0.15, -0.1) is 0 Å². The van der Waals surface area contributed by atoms with Crippen LogP contribution in [0.4, 0.5) is 0 Å². The number of hydrogen-bond donors (Lipinski definition) is 1. The first-order valence-corrected chi connectivity index (χ1v) is 17.5. The minimum Gasteiger partial charge on any atom is -0.473 e. The summed E-state index contributed by atoms with van der Waals surface area (Å²) in [5.74, 6) is 0.614. The lowest BCUT2D eigenvalue weighted by atomic mass is 9.84. The smallest absolute Gasteiger partial charge is 0.225 e. The first-order chi connectivity index (χ1) is 25.8. The highest BCUT2D eigenvalue weighted by Crippen LogP contribution is 2.45. The summed E-state index contributed by atoms with van der Waals surface area (Å²) in [4.78, 5) is 4.37. The van der Waals surface area contributed by atoms with Gasteiger partial charge in [0.25, 0.3) is 0 Å². The molecule has 0 radical (unpaired) electrons. The summed E-state index contributed by atoms with van der Waals surface area (Å²) in [6, 6.07) is 57.1. The molecule has 1 aliphatic heterocycles. The zero-order valence-electron chi connectivity index (χ0n) is 28.2. The Bertz CT molecular complexity index is 2750. The van der Waals surface area contributed by atoms with Gasteiger partial charge in [-0.3, -0.25) is 0 Å². The van der Waals surface area contributed by atoms with E-state index in [1.54, 1.807) is 18.7 Å². The summed E-state index contributed by atoms with van der Waals surface area (Å²) in [7, 11) is 0. The Morgan fingerprint density at radius 3 is 1.79 bits per heavy atom. The molecule has 1 aromatic heterocycles. The van der Waals surface area contributed by atoms with Gasteiger partial charge in [0, 0.05) is 17.3 Å². The quantitative estimate of drug-likeness (QED) is 0.179. The normalized spacial score (nSPS) is 13.8. The van der Waals surface area contributed by atoms with Gasteiger partial charge in [-0.05, 0) is 95.0 Å².